The van der Waals surface area contributed by atoms with E-state index in [1.807, 2.05) is 4.90 Å². The molecule has 3 saturated heterocycles. The van der Waals surface area contributed by atoms with Gasteiger partial charge in [-0.1, -0.05) is 6.92 Å². The molecule has 3 aliphatic heterocycles. The molecule has 1 unspecified atom stereocenters. The zero-order chi connectivity index (χ0) is 14.0. The number of piperidine rings is 1. The number of carbonyl (C=O) groups excluding carboxylic acids is 1. The number of ether oxygens (including phenoxy) is 1. The lowest BCUT2D eigenvalue weighted by Gasteiger charge is -2.41. The van der Waals surface area contributed by atoms with E-state index in [4.69, 9.17) is 4.74 Å². The summed E-state index contributed by atoms with van der Waals surface area (Å²) in [5, 5.41) is 3.47. The average Bonchev–Trinajstić information content (AvgIpc) is 2.96. The monoisotopic (exact) mass is 353 g/mol. The van der Waals surface area contributed by atoms with Crippen LogP contribution in [0.2, 0.25) is 0 Å². The number of morpholine rings is 1. The molecule has 0 aromatic heterocycles. The molecular formula is C15H29Cl2N3O2. The molecule has 22 heavy (non-hydrogen) atoms. The van der Waals surface area contributed by atoms with E-state index < -0.39 is 0 Å². The predicted molar refractivity (Wildman–Crippen MR) is 92.1 cm³/mol. The van der Waals surface area contributed by atoms with Crippen molar-refractivity contribution in [2.75, 3.05) is 52.4 Å². The van der Waals surface area contributed by atoms with Crippen LogP contribution >= 0.6 is 24.8 Å². The summed E-state index contributed by atoms with van der Waals surface area (Å²) < 4.78 is 5.70. The van der Waals surface area contributed by atoms with Crippen molar-refractivity contribution in [1.29, 1.82) is 0 Å². The first-order chi connectivity index (χ1) is 9.72. The van der Waals surface area contributed by atoms with Crippen LogP contribution in [0, 0.1) is 5.41 Å². The highest BCUT2D eigenvalue weighted by Gasteiger charge is 2.39. The van der Waals surface area contributed by atoms with E-state index in [2.05, 4.69) is 17.1 Å². The van der Waals surface area contributed by atoms with Crippen LogP contribution in [-0.4, -0.2) is 74.2 Å². The maximum atomic E-state index is 12.6. The summed E-state index contributed by atoms with van der Waals surface area (Å²) in [6.45, 7) is 9.65. The van der Waals surface area contributed by atoms with Gasteiger partial charge in [0.25, 0.3) is 5.91 Å². The van der Waals surface area contributed by atoms with Crippen LogP contribution in [0.15, 0.2) is 0 Å². The van der Waals surface area contributed by atoms with E-state index in [9.17, 15) is 4.79 Å². The third-order valence-corrected chi connectivity index (χ3v) is 5.34. The molecule has 1 N–H and O–H groups in total. The fourth-order valence-corrected chi connectivity index (χ4v) is 3.77. The van der Waals surface area contributed by atoms with Crippen molar-refractivity contribution < 1.29 is 9.53 Å². The van der Waals surface area contributed by atoms with Crippen LogP contribution in [0.3, 0.4) is 0 Å². The van der Waals surface area contributed by atoms with E-state index >= 15 is 0 Å². The van der Waals surface area contributed by atoms with Crippen LogP contribution in [0.5, 0.6) is 0 Å². The van der Waals surface area contributed by atoms with Gasteiger partial charge in [-0.25, -0.2) is 0 Å². The van der Waals surface area contributed by atoms with Crippen molar-refractivity contribution in [3.8, 4) is 0 Å². The second-order valence-electron chi connectivity index (χ2n) is 6.50. The van der Waals surface area contributed by atoms with E-state index in [1.165, 1.54) is 6.42 Å². The molecular weight excluding hydrogens is 325 g/mol. The standard InChI is InChI=1S/C15H27N3O2.2ClH/c1-2-17-9-10-20-13(11-17)14(19)18-7-4-15(5-8-18)3-6-16-12-15;;/h13,16H,2-12H2,1H3;2*1H. The van der Waals surface area contributed by atoms with E-state index in [0.29, 0.717) is 12.0 Å². The molecule has 1 amide bonds. The summed E-state index contributed by atoms with van der Waals surface area (Å²) in [6, 6.07) is 0. The Morgan fingerprint density at radius 2 is 1.95 bits per heavy atom. The Morgan fingerprint density at radius 3 is 2.55 bits per heavy atom. The van der Waals surface area contributed by atoms with Gasteiger partial charge in [-0.15, -0.1) is 24.8 Å². The molecule has 7 heteroatoms. The van der Waals surface area contributed by atoms with Crippen LogP contribution in [0.25, 0.3) is 0 Å². The molecule has 0 aromatic carbocycles. The summed E-state index contributed by atoms with van der Waals surface area (Å²) in [5.41, 5.74) is 0.472. The van der Waals surface area contributed by atoms with Crippen LogP contribution in [0.1, 0.15) is 26.2 Å². The minimum absolute atomic E-state index is 0. The quantitative estimate of drug-likeness (QED) is 0.808. The second-order valence-corrected chi connectivity index (χ2v) is 6.50. The Morgan fingerprint density at radius 1 is 1.23 bits per heavy atom. The molecule has 3 aliphatic rings. The molecule has 3 fully saturated rings. The van der Waals surface area contributed by atoms with Crippen molar-refractivity contribution in [1.82, 2.24) is 15.1 Å². The van der Waals surface area contributed by atoms with Crippen LogP contribution < -0.4 is 5.32 Å². The molecule has 1 spiro atoms. The number of halogens is 2. The third-order valence-electron chi connectivity index (χ3n) is 5.34. The van der Waals surface area contributed by atoms with Crippen LogP contribution in [-0.2, 0) is 9.53 Å². The number of likely N-dealkylation sites (N-methyl/N-ethyl adjacent to an activating group) is 1. The lowest BCUT2D eigenvalue weighted by Crippen LogP contribution is -2.53. The largest absolute Gasteiger partial charge is 0.366 e. The van der Waals surface area contributed by atoms with Crippen molar-refractivity contribution in [3.63, 3.8) is 0 Å². The Bertz CT molecular complexity index is 355. The number of nitrogens with zero attached hydrogens (tertiary/aromatic N) is 2. The first kappa shape index (κ1) is 20.0. The summed E-state index contributed by atoms with van der Waals surface area (Å²) >= 11 is 0. The smallest absolute Gasteiger partial charge is 0.253 e. The number of hydrogen-bond acceptors (Lipinski definition) is 4. The van der Waals surface area contributed by atoms with E-state index in [-0.39, 0.29) is 36.8 Å². The molecule has 3 rings (SSSR count). The van der Waals surface area contributed by atoms with Crippen LogP contribution in [0.4, 0.5) is 0 Å². The average molecular weight is 354 g/mol. The van der Waals surface area contributed by atoms with Gasteiger partial charge < -0.3 is 15.0 Å². The van der Waals surface area contributed by atoms with Gasteiger partial charge in [-0.3, -0.25) is 9.69 Å². The number of hydrogen-bond donors (Lipinski definition) is 1. The number of amides is 1. The molecule has 1 atom stereocenters. The van der Waals surface area contributed by atoms with Gasteiger partial charge in [0, 0.05) is 32.7 Å². The Hall–Kier alpha value is -0.0700. The van der Waals surface area contributed by atoms with Gasteiger partial charge in [0.15, 0.2) is 0 Å². The number of rotatable bonds is 2. The van der Waals surface area contributed by atoms with Crippen molar-refractivity contribution in [3.05, 3.63) is 0 Å². The molecule has 130 valence electrons. The number of likely N-dealkylation sites (tertiary alicyclic amines) is 1. The Labute approximate surface area is 145 Å². The lowest BCUT2D eigenvalue weighted by molar-refractivity contribution is -0.151. The zero-order valence-electron chi connectivity index (χ0n) is 13.4. The predicted octanol–water partition coefficient (Wildman–Crippen LogP) is 1.15. The Balaban J connectivity index is 0.00000121. The fourth-order valence-electron chi connectivity index (χ4n) is 3.77. The fraction of sp³-hybridized carbons (Fsp3) is 0.933. The molecule has 0 aromatic rings. The molecule has 0 aliphatic carbocycles. The number of nitrogens with one attached hydrogen (secondary N) is 1. The van der Waals surface area contributed by atoms with Gasteiger partial charge in [-0.05, 0) is 37.8 Å². The van der Waals surface area contributed by atoms with E-state index in [0.717, 1.165) is 58.7 Å². The van der Waals surface area contributed by atoms with Gasteiger partial charge in [0.05, 0.1) is 6.61 Å². The Kier molecular flexibility index (Phi) is 7.89. The molecule has 0 bridgehead atoms. The highest BCUT2D eigenvalue weighted by Crippen LogP contribution is 2.37. The molecule has 0 saturated carbocycles. The third kappa shape index (κ3) is 4.26. The van der Waals surface area contributed by atoms with Gasteiger partial charge in [0.1, 0.15) is 6.10 Å². The summed E-state index contributed by atoms with van der Waals surface area (Å²) in [5.74, 6) is 0.212. The second kappa shape index (κ2) is 8.69. The van der Waals surface area contributed by atoms with Crippen molar-refractivity contribution >= 4 is 30.7 Å². The molecule has 3 heterocycles. The summed E-state index contributed by atoms with van der Waals surface area (Å²) in [7, 11) is 0. The topological polar surface area (TPSA) is 44.8 Å². The van der Waals surface area contributed by atoms with Gasteiger partial charge in [-0.2, -0.15) is 0 Å². The normalized spacial score (nSPS) is 28.0. The SMILES string of the molecule is CCN1CCOC(C(=O)N2CCC3(CCNC3)CC2)C1.Cl.Cl. The molecule has 5 nitrogen and oxygen atoms in total. The van der Waals surface area contributed by atoms with Gasteiger partial charge in [0.2, 0.25) is 0 Å². The van der Waals surface area contributed by atoms with Gasteiger partial charge >= 0.3 is 0 Å². The first-order valence-electron chi connectivity index (χ1n) is 8.06. The highest BCUT2D eigenvalue weighted by molar-refractivity contribution is 5.85. The minimum Gasteiger partial charge on any atom is -0.366 e. The maximum Gasteiger partial charge on any atom is 0.253 e. The number of carbonyl (C=O) groups is 1. The van der Waals surface area contributed by atoms with Crippen molar-refractivity contribution in [2.45, 2.75) is 32.3 Å². The maximum absolute atomic E-state index is 12.6. The first-order valence-corrected chi connectivity index (χ1v) is 8.06. The highest BCUT2D eigenvalue weighted by atomic mass is 35.5. The summed E-state index contributed by atoms with van der Waals surface area (Å²) in [4.78, 5) is 16.9. The molecule has 0 radical (unpaired) electrons. The zero-order valence-corrected chi connectivity index (χ0v) is 15.0. The minimum atomic E-state index is -0.237. The van der Waals surface area contributed by atoms with Crippen molar-refractivity contribution in [2.24, 2.45) is 5.41 Å². The van der Waals surface area contributed by atoms with E-state index in [1.54, 1.807) is 0 Å². The summed E-state index contributed by atoms with van der Waals surface area (Å²) in [6.07, 6.45) is 3.34. The lowest BCUT2D eigenvalue weighted by atomic mass is 9.78.